The average molecular weight is 478 g/mol. The van der Waals surface area contributed by atoms with Crippen LogP contribution in [0.25, 0.3) is 11.0 Å². The van der Waals surface area contributed by atoms with Crippen LogP contribution in [0.5, 0.6) is 17.2 Å². The lowest BCUT2D eigenvalue weighted by Crippen LogP contribution is -2.32. The second-order valence-corrected chi connectivity index (χ2v) is 7.81. The van der Waals surface area contributed by atoms with Gasteiger partial charge in [-0.1, -0.05) is 6.07 Å². The fourth-order valence-corrected chi connectivity index (χ4v) is 3.56. The molecule has 1 unspecified atom stereocenters. The molecular formula is C25H32ClNO6. The van der Waals surface area contributed by atoms with Gasteiger partial charge in [0.05, 0.1) is 14.2 Å². The molecule has 0 bridgehead atoms. The van der Waals surface area contributed by atoms with Crippen molar-refractivity contribution in [3.8, 4) is 17.2 Å². The van der Waals surface area contributed by atoms with Crippen LogP contribution in [-0.4, -0.2) is 45.1 Å². The summed E-state index contributed by atoms with van der Waals surface area (Å²) in [4.78, 5) is 12.0. The summed E-state index contributed by atoms with van der Waals surface area (Å²) >= 11 is 0. The topological polar surface area (TPSA) is 90.2 Å². The van der Waals surface area contributed by atoms with E-state index in [1.54, 1.807) is 21.1 Å². The number of fused-ring (bicyclic) bond motifs is 1. The van der Waals surface area contributed by atoms with E-state index in [-0.39, 0.29) is 24.6 Å². The standard InChI is InChI=1S/C25H31NO6.ClH/c1-15-16(2)25(28)32-24-17(3)21(9-7-20(15)24)31-14-19(27)13-26-11-10-18-6-8-22(29-4)23(12-18)30-5;/h6-9,12,19,26-27H,10-11,13-14H2,1-5H3;1H. The Morgan fingerprint density at radius 2 is 1.67 bits per heavy atom. The van der Waals surface area contributed by atoms with Crippen molar-refractivity contribution in [1.29, 1.82) is 0 Å². The zero-order valence-corrected chi connectivity index (χ0v) is 20.5. The Bertz CT molecular complexity index is 1140. The number of rotatable bonds is 10. The highest BCUT2D eigenvalue weighted by Gasteiger charge is 2.14. The molecule has 0 radical (unpaired) electrons. The van der Waals surface area contributed by atoms with Crippen molar-refractivity contribution >= 4 is 23.4 Å². The van der Waals surface area contributed by atoms with Crippen molar-refractivity contribution in [3.05, 3.63) is 63.0 Å². The van der Waals surface area contributed by atoms with Crippen molar-refractivity contribution in [1.82, 2.24) is 5.32 Å². The second kappa shape index (κ2) is 11.9. The molecule has 0 aliphatic carbocycles. The number of hydrogen-bond donors (Lipinski definition) is 2. The number of hydrogen-bond acceptors (Lipinski definition) is 7. The first-order chi connectivity index (χ1) is 15.3. The number of nitrogens with one attached hydrogen (secondary N) is 1. The van der Waals surface area contributed by atoms with Crippen LogP contribution in [0.1, 0.15) is 22.3 Å². The van der Waals surface area contributed by atoms with E-state index in [1.807, 2.05) is 44.2 Å². The van der Waals surface area contributed by atoms with Crippen LogP contribution in [0, 0.1) is 20.8 Å². The summed E-state index contributed by atoms with van der Waals surface area (Å²) in [6.07, 6.45) is 0.109. The van der Waals surface area contributed by atoms with Gasteiger partial charge in [-0.2, -0.15) is 0 Å². The first-order valence-electron chi connectivity index (χ1n) is 10.6. The van der Waals surface area contributed by atoms with E-state index in [2.05, 4.69) is 5.32 Å². The summed E-state index contributed by atoms with van der Waals surface area (Å²) in [6.45, 7) is 6.74. The van der Waals surface area contributed by atoms with Crippen molar-refractivity contribution in [2.75, 3.05) is 33.9 Å². The molecule has 0 spiro atoms. The number of methoxy groups -OCH3 is 2. The largest absolute Gasteiger partial charge is 0.493 e. The number of halogens is 1. The van der Waals surface area contributed by atoms with E-state index >= 15 is 0 Å². The molecule has 2 N–H and O–H groups in total. The monoisotopic (exact) mass is 477 g/mol. The SMILES string of the molecule is COc1ccc(CCNCC(O)COc2ccc3c(C)c(C)c(=O)oc3c2C)cc1OC.Cl. The van der Waals surface area contributed by atoms with Gasteiger partial charge in [-0.15, -0.1) is 12.4 Å². The molecule has 8 heteroatoms. The van der Waals surface area contributed by atoms with Gasteiger partial charge < -0.3 is 29.1 Å². The van der Waals surface area contributed by atoms with Gasteiger partial charge in [0.1, 0.15) is 24.0 Å². The molecule has 0 saturated carbocycles. The number of aryl methyl sites for hydroxylation is 2. The zero-order valence-electron chi connectivity index (χ0n) is 19.7. The molecule has 180 valence electrons. The van der Waals surface area contributed by atoms with Crippen LogP contribution < -0.4 is 25.2 Å². The zero-order chi connectivity index (χ0) is 23.3. The first kappa shape index (κ1) is 26.5. The molecule has 7 nitrogen and oxygen atoms in total. The fourth-order valence-electron chi connectivity index (χ4n) is 3.56. The molecule has 3 aromatic rings. The normalized spacial score (nSPS) is 11.7. The third-order valence-electron chi connectivity index (χ3n) is 5.67. The lowest BCUT2D eigenvalue weighted by Gasteiger charge is -2.16. The number of aliphatic hydroxyl groups excluding tert-OH is 1. The minimum atomic E-state index is -0.678. The minimum Gasteiger partial charge on any atom is -0.493 e. The lowest BCUT2D eigenvalue weighted by atomic mass is 10.0. The maximum Gasteiger partial charge on any atom is 0.339 e. The fraction of sp³-hybridized carbons (Fsp3) is 0.400. The van der Waals surface area contributed by atoms with Gasteiger partial charge in [0.2, 0.25) is 0 Å². The molecule has 0 saturated heterocycles. The summed E-state index contributed by atoms with van der Waals surface area (Å²) < 4.78 is 21.9. The summed E-state index contributed by atoms with van der Waals surface area (Å²) in [7, 11) is 3.23. The highest BCUT2D eigenvalue weighted by atomic mass is 35.5. The van der Waals surface area contributed by atoms with E-state index in [1.165, 1.54) is 0 Å². The van der Waals surface area contributed by atoms with Crippen LogP contribution in [0.15, 0.2) is 39.5 Å². The van der Waals surface area contributed by atoms with Crippen molar-refractivity contribution in [2.45, 2.75) is 33.3 Å². The Labute approximate surface area is 200 Å². The van der Waals surface area contributed by atoms with Crippen LogP contribution in [0.4, 0.5) is 0 Å². The molecule has 1 aromatic heterocycles. The summed E-state index contributed by atoms with van der Waals surface area (Å²) in [6, 6.07) is 9.56. The first-order valence-corrected chi connectivity index (χ1v) is 10.6. The van der Waals surface area contributed by atoms with Gasteiger partial charge in [-0.3, -0.25) is 0 Å². The quantitative estimate of drug-likeness (QED) is 0.339. The number of benzene rings is 2. The maximum absolute atomic E-state index is 12.0. The number of aliphatic hydroxyl groups is 1. The van der Waals surface area contributed by atoms with E-state index in [0.29, 0.717) is 41.5 Å². The van der Waals surface area contributed by atoms with E-state index in [0.717, 1.165) is 28.5 Å². The molecule has 0 amide bonds. The minimum absolute atomic E-state index is 0. The van der Waals surface area contributed by atoms with Crippen LogP contribution in [-0.2, 0) is 6.42 Å². The van der Waals surface area contributed by atoms with Crippen molar-refractivity contribution in [3.63, 3.8) is 0 Å². The lowest BCUT2D eigenvalue weighted by molar-refractivity contribution is 0.106. The molecule has 0 aliphatic rings. The van der Waals surface area contributed by atoms with Gasteiger partial charge in [0.25, 0.3) is 0 Å². The molecular weight excluding hydrogens is 446 g/mol. The Hall–Kier alpha value is -2.74. The van der Waals surface area contributed by atoms with Gasteiger partial charge in [0, 0.05) is 23.1 Å². The van der Waals surface area contributed by atoms with Crippen molar-refractivity contribution in [2.24, 2.45) is 0 Å². The molecule has 1 atom stereocenters. The van der Waals surface area contributed by atoms with E-state index in [4.69, 9.17) is 18.6 Å². The summed E-state index contributed by atoms with van der Waals surface area (Å²) in [5.41, 5.74) is 3.56. The third-order valence-corrected chi connectivity index (χ3v) is 5.67. The van der Waals surface area contributed by atoms with Gasteiger partial charge >= 0.3 is 5.63 Å². The van der Waals surface area contributed by atoms with E-state index in [9.17, 15) is 9.90 Å². The summed E-state index contributed by atoms with van der Waals surface area (Å²) in [5, 5.41) is 14.4. The predicted molar refractivity (Wildman–Crippen MR) is 132 cm³/mol. The maximum atomic E-state index is 12.0. The third kappa shape index (κ3) is 6.19. The Morgan fingerprint density at radius 3 is 2.36 bits per heavy atom. The average Bonchev–Trinajstić information content (AvgIpc) is 2.80. The van der Waals surface area contributed by atoms with Gasteiger partial charge in [0.15, 0.2) is 11.5 Å². The van der Waals surface area contributed by atoms with E-state index < -0.39 is 6.10 Å². The molecule has 33 heavy (non-hydrogen) atoms. The number of ether oxygens (including phenoxy) is 3. The Balaban J connectivity index is 0.00000385. The molecule has 0 aliphatic heterocycles. The van der Waals surface area contributed by atoms with Crippen molar-refractivity contribution < 1.29 is 23.7 Å². The van der Waals surface area contributed by atoms with Gasteiger partial charge in [-0.25, -0.2) is 4.79 Å². The highest BCUT2D eigenvalue weighted by Crippen LogP contribution is 2.29. The molecule has 3 rings (SSSR count). The Morgan fingerprint density at radius 1 is 0.970 bits per heavy atom. The molecule has 0 fully saturated rings. The Kier molecular flexibility index (Phi) is 9.58. The predicted octanol–water partition coefficient (Wildman–Crippen LogP) is 3.73. The summed E-state index contributed by atoms with van der Waals surface area (Å²) in [5.74, 6) is 1.99. The highest BCUT2D eigenvalue weighted by molar-refractivity contribution is 5.86. The smallest absolute Gasteiger partial charge is 0.339 e. The van der Waals surface area contributed by atoms with Crippen LogP contribution in [0.2, 0.25) is 0 Å². The molecule has 2 aromatic carbocycles. The molecule has 1 heterocycles. The van der Waals surface area contributed by atoms with Gasteiger partial charge in [-0.05, 0) is 69.1 Å². The second-order valence-electron chi connectivity index (χ2n) is 7.81. The van der Waals surface area contributed by atoms with Crippen LogP contribution >= 0.6 is 12.4 Å². The van der Waals surface area contributed by atoms with Crippen LogP contribution in [0.3, 0.4) is 0 Å².